The summed E-state index contributed by atoms with van der Waals surface area (Å²) in [5, 5.41) is 3.36. The van der Waals surface area contributed by atoms with E-state index in [-0.39, 0.29) is 5.91 Å². The lowest BCUT2D eigenvalue weighted by molar-refractivity contribution is 0.0708. The van der Waals surface area contributed by atoms with Crippen molar-refractivity contribution in [1.82, 2.24) is 15.2 Å². The van der Waals surface area contributed by atoms with Crippen molar-refractivity contribution in [2.24, 2.45) is 0 Å². The van der Waals surface area contributed by atoms with Gasteiger partial charge in [0.15, 0.2) is 0 Å². The average Bonchev–Trinajstić information content (AvgIpc) is 2.84. The maximum absolute atomic E-state index is 12.5. The Labute approximate surface area is 132 Å². The number of aromatic nitrogens is 1. The standard InChI is InChI=1S/C17H26N4O/c1-14-13-21(11-8-18-14)17(22)15-6-7-16(19-12-15)20-9-4-2-3-5-10-20/h6-7,12,14,18H,2-5,8-11,13H2,1H3. The summed E-state index contributed by atoms with van der Waals surface area (Å²) in [4.78, 5) is 21.3. The highest BCUT2D eigenvalue weighted by atomic mass is 16.2. The molecule has 22 heavy (non-hydrogen) atoms. The first kappa shape index (κ1) is 15.3. The van der Waals surface area contributed by atoms with Crippen molar-refractivity contribution in [1.29, 1.82) is 0 Å². The fraction of sp³-hybridized carbons (Fsp3) is 0.647. The van der Waals surface area contributed by atoms with Crippen LogP contribution in [-0.4, -0.2) is 54.6 Å². The van der Waals surface area contributed by atoms with Gasteiger partial charge < -0.3 is 15.1 Å². The number of carbonyl (C=O) groups is 1. The molecule has 2 aliphatic heterocycles. The second-order valence-corrected chi connectivity index (χ2v) is 6.41. The summed E-state index contributed by atoms with van der Waals surface area (Å²) >= 11 is 0. The number of piperazine rings is 1. The van der Waals surface area contributed by atoms with Crippen LogP contribution in [0.2, 0.25) is 0 Å². The van der Waals surface area contributed by atoms with Crippen LogP contribution in [0.3, 0.4) is 0 Å². The summed E-state index contributed by atoms with van der Waals surface area (Å²) in [7, 11) is 0. The third-order valence-electron chi connectivity index (χ3n) is 4.58. The van der Waals surface area contributed by atoms with Crippen LogP contribution < -0.4 is 10.2 Å². The molecule has 1 N–H and O–H groups in total. The zero-order valence-electron chi connectivity index (χ0n) is 13.4. The number of anilines is 1. The first-order chi connectivity index (χ1) is 10.7. The molecule has 0 spiro atoms. The summed E-state index contributed by atoms with van der Waals surface area (Å²) in [6, 6.07) is 4.30. The molecule has 2 aliphatic rings. The van der Waals surface area contributed by atoms with Gasteiger partial charge in [-0.15, -0.1) is 0 Å². The largest absolute Gasteiger partial charge is 0.357 e. The molecule has 0 aromatic carbocycles. The molecule has 0 saturated carbocycles. The van der Waals surface area contributed by atoms with Crippen molar-refractivity contribution < 1.29 is 4.79 Å². The number of carbonyl (C=O) groups excluding carboxylic acids is 1. The molecule has 3 heterocycles. The Morgan fingerprint density at radius 2 is 1.95 bits per heavy atom. The van der Waals surface area contributed by atoms with E-state index in [1.54, 1.807) is 6.20 Å². The van der Waals surface area contributed by atoms with Crippen molar-refractivity contribution in [3.8, 4) is 0 Å². The first-order valence-electron chi connectivity index (χ1n) is 8.48. The van der Waals surface area contributed by atoms with Gasteiger partial charge in [0.2, 0.25) is 0 Å². The minimum atomic E-state index is 0.100. The van der Waals surface area contributed by atoms with Crippen molar-refractivity contribution in [2.75, 3.05) is 37.6 Å². The lowest BCUT2D eigenvalue weighted by Crippen LogP contribution is -2.51. The van der Waals surface area contributed by atoms with Crippen LogP contribution in [0.4, 0.5) is 5.82 Å². The Hall–Kier alpha value is -1.62. The van der Waals surface area contributed by atoms with Gasteiger partial charge in [-0.1, -0.05) is 12.8 Å². The van der Waals surface area contributed by atoms with Gasteiger partial charge in [0.05, 0.1) is 5.56 Å². The van der Waals surface area contributed by atoms with Gasteiger partial charge >= 0.3 is 0 Å². The predicted molar refractivity (Wildman–Crippen MR) is 88.3 cm³/mol. The van der Waals surface area contributed by atoms with E-state index in [1.165, 1.54) is 25.7 Å². The van der Waals surface area contributed by atoms with Gasteiger partial charge in [-0.05, 0) is 31.9 Å². The van der Waals surface area contributed by atoms with Gasteiger partial charge in [-0.25, -0.2) is 4.98 Å². The number of nitrogens with zero attached hydrogens (tertiary/aromatic N) is 3. The zero-order valence-corrected chi connectivity index (χ0v) is 13.4. The summed E-state index contributed by atoms with van der Waals surface area (Å²) in [5.74, 6) is 1.11. The Bertz CT molecular complexity index is 494. The molecule has 0 aliphatic carbocycles. The predicted octanol–water partition coefficient (Wildman–Crippen LogP) is 1.90. The fourth-order valence-electron chi connectivity index (χ4n) is 3.30. The van der Waals surface area contributed by atoms with Crippen LogP contribution in [0.15, 0.2) is 18.3 Å². The van der Waals surface area contributed by atoms with Crippen LogP contribution in [0.1, 0.15) is 43.0 Å². The molecule has 0 radical (unpaired) electrons. The summed E-state index contributed by atoms with van der Waals surface area (Å²) in [6.07, 6.45) is 6.85. The number of amides is 1. The van der Waals surface area contributed by atoms with E-state index in [9.17, 15) is 4.79 Å². The van der Waals surface area contributed by atoms with E-state index >= 15 is 0 Å². The Kier molecular flexibility index (Phi) is 4.93. The van der Waals surface area contributed by atoms with E-state index in [1.807, 2.05) is 17.0 Å². The molecule has 1 unspecified atom stereocenters. The van der Waals surface area contributed by atoms with Crippen LogP contribution in [0.25, 0.3) is 0 Å². The number of pyridine rings is 1. The van der Waals surface area contributed by atoms with Crippen molar-refractivity contribution in [3.63, 3.8) is 0 Å². The lowest BCUT2D eigenvalue weighted by atomic mass is 10.2. The minimum absolute atomic E-state index is 0.100. The molecule has 1 aromatic heterocycles. The minimum Gasteiger partial charge on any atom is -0.357 e. The fourth-order valence-corrected chi connectivity index (χ4v) is 3.30. The van der Waals surface area contributed by atoms with Crippen LogP contribution in [0.5, 0.6) is 0 Å². The topological polar surface area (TPSA) is 48.5 Å². The molecule has 2 fully saturated rings. The highest BCUT2D eigenvalue weighted by Crippen LogP contribution is 2.18. The highest BCUT2D eigenvalue weighted by Gasteiger charge is 2.22. The van der Waals surface area contributed by atoms with E-state index in [4.69, 9.17) is 0 Å². The van der Waals surface area contributed by atoms with Crippen molar-refractivity contribution in [3.05, 3.63) is 23.9 Å². The molecule has 5 heteroatoms. The number of nitrogens with one attached hydrogen (secondary N) is 1. The van der Waals surface area contributed by atoms with E-state index in [0.29, 0.717) is 11.6 Å². The number of rotatable bonds is 2. The normalized spacial score (nSPS) is 23.2. The quantitative estimate of drug-likeness (QED) is 0.906. The molecule has 1 aromatic rings. The zero-order chi connectivity index (χ0) is 15.4. The van der Waals surface area contributed by atoms with E-state index in [2.05, 4.69) is 22.1 Å². The highest BCUT2D eigenvalue weighted by molar-refractivity contribution is 5.94. The van der Waals surface area contributed by atoms with Gasteiger partial charge in [-0.2, -0.15) is 0 Å². The number of hydrogen-bond donors (Lipinski definition) is 1. The molecule has 1 amide bonds. The Morgan fingerprint density at radius 1 is 1.18 bits per heavy atom. The second kappa shape index (κ2) is 7.09. The van der Waals surface area contributed by atoms with E-state index in [0.717, 1.165) is 38.5 Å². The van der Waals surface area contributed by atoms with Crippen LogP contribution in [0, 0.1) is 0 Å². The SMILES string of the molecule is CC1CN(C(=O)c2ccc(N3CCCCCC3)nc2)CCN1. The van der Waals surface area contributed by atoms with Gasteiger partial charge in [0.1, 0.15) is 5.82 Å². The number of hydrogen-bond acceptors (Lipinski definition) is 4. The summed E-state index contributed by atoms with van der Waals surface area (Å²) in [6.45, 7) is 6.68. The molecule has 2 saturated heterocycles. The third-order valence-corrected chi connectivity index (χ3v) is 4.58. The van der Waals surface area contributed by atoms with Gasteiger partial charge in [0, 0.05) is 45.0 Å². The van der Waals surface area contributed by atoms with E-state index < -0.39 is 0 Å². The summed E-state index contributed by atoms with van der Waals surface area (Å²) < 4.78 is 0. The van der Waals surface area contributed by atoms with Gasteiger partial charge in [0.25, 0.3) is 5.91 Å². The molecular weight excluding hydrogens is 276 g/mol. The average molecular weight is 302 g/mol. The first-order valence-corrected chi connectivity index (χ1v) is 8.48. The Morgan fingerprint density at radius 3 is 2.59 bits per heavy atom. The van der Waals surface area contributed by atoms with Crippen molar-refractivity contribution >= 4 is 11.7 Å². The third kappa shape index (κ3) is 3.58. The Balaban J connectivity index is 1.66. The maximum atomic E-state index is 12.5. The van der Waals surface area contributed by atoms with Gasteiger partial charge in [-0.3, -0.25) is 4.79 Å². The molecule has 0 bridgehead atoms. The molecule has 3 rings (SSSR count). The maximum Gasteiger partial charge on any atom is 0.255 e. The molecular formula is C17H26N4O. The second-order valence-electron chi connectivity index (χ2n) is 6.41. The molecule has 1 atom stereocenters. The summed E-state index contributed by atoms with van der Waals surface area (Å²) in [5.41, 5.74) is 0.702. The lowest BCUT2D eigenvalue weighted by Gasteiger charge is -2.32. The smallest absolute Gasteiger partial charge is 0.255 e. The molecule has 120 valence electrons. The molecule has 5 nitrogen and oxygen atoms in total. The van der Waals surface area contributed by atoms with Crippen LogP contribution in [-0.2, 0) is 0 Å². The monoisotopic (exact) mass is 302 g/mol. The van der Waals surface area contributed by atoms with Crippen LogP contribution >= 0.6 is 0 Å². The van der Waals surface area contributed by atoms with Crippen molar-refractivity contribution in [2.45, 2.75) is 38.6 Å².